The zero-order chi connectivity index (χ0) is 13.5. The second kappa shape index (κ2) is 7.17. The second-order valence-electron chi connectivity index (χ2n) is 4.78. The predicted octanol–water partition coefficient (Wildman–Crippen LogP) is 2.23. The van der Waals surface area contributed by atoms with Gasteiger partial charge in [-0.1, -0.05) is 12.1 Å². The number of hydrogen-bond acceptors (Lipinski definition) is 2. The van der Waals surface area contributed by atoms with Crippen LogP contribution in [0.2, 0.25) is 0 Å². The van der Waals surface area contributed by atoms with Crippen LogP contribution in [0.15, 0.2) is 12.1 Å². The molecule has 0 bridgehead atoms. The summed E-state index contributed by atoms with van der Waals surface area (Å²) >= 11 is 0. The van der Waals surface area contributed by atoms with E-state index in [1.165, 1.54) is 22.3 Å². The molecule has 0 unspecified atom stereocenters. The van der Waals surface area contributed by atoms with Crippen LogP contribution in [0.3, 0.4) is 0 Å². The van der Waals surface area contributed by atoms with Gasteiger partial charge in [-0.2, -0.15) is 0 Å². The van der Waals surface area contributed by atoms with Crippen LogP contribution >= 0.6 is 0 Å². The molecule has 0 aliphatic rings. The molecule has 0 saturated carbocycles. The fourth-order valence-electron chi connectivity index (χ4n) is 1.91. The lowest BCUT2D eigenvalue weighted by atomic mass is 9.99. The van der Waals surface area contributed by atoms with Gasteiger partial charge < -0.3 is 10.6 Å². The highest BCUT2D eigenvalue weighted by Crippen LogP contribution is 2.16. The fourth-order valence-corrected chi connectivity index (χ4v) is 1.91. The van der Waals surface area contributed by atoms with Gasteiger partial charge in [-0.15, -0.1) is 0 Å². The predicted molar refractivity (Wildman–Crippen MR) is 75.7 cm³/mol. The molecule has 0 fully saturated rings. The Morgan fingerprint density at radius 3 is 2.56 bits per heavy atom. The Balaban J connectivity index is 2.49. The summed E-state index contributed by atoms with van der Waals surface area (Å²) < 4.78 is 0. The van der Waals surface area contributed by atoms with Gasteiger partial charge in [0.15, 0.2) is 0 Å². The Hall–Kier alpha value is -1.35. The normalized spacial score (nSPS) is 10.4. The highest BCUT2D eigenvalue weighted by Gasteiger charge is 2.05. The van der Waals surface area contributed by atoms with Crippen LogP contribution in [0.5, 0.6) is 0 Å². The monoisotopic (exact) mass is 248 g/mol. The van der Waals surface area contributed by atoms with E-state index in [4.69, 9.17) is 0 Å². The van der Waals surface area contributed by atoms with Crippen LogP contribution in [-0.4, -0.2) is 19.5 Å². The third-order valence-electron chi connectivity index (χ3n) is 3.48. The first-order valence-corrected chi connectivity index (χ1v) is 6.53. The molecule has 1 amide bonds. The maximum atomic E-state index is 11.6. The van der Waals surface area contributed by atoms with Gasteiger partial charge in [-0.3, -0.25) is 4.79 Å². The number of carbonyl (C=O) groups is 1. The molecule has 0 heterocycles. The van der Waals surface area contributed by atoms with E-state index >= 15 is 0 Å². The van der Waals surface area contributed by atoms with Crippen molar-refractivity contribution in [2.75, 3.05) is 13.6 Å². The number of benzene rings is 1. The van der Waals surface area contributed by atoms with E-state index in [2.05, 4.69) is 43.5 Å². The lowest BCUT2D eigenvalue weighted by molar-refractivity contribution is -0.121. The lowest BCUT2D eigenvalue weighted by Gasteiger charge is -2.12. The van der Waals surface area contributed by atoms with Crippen molar-refractivity contribution < 1.29 is 4.79 Å². The molecule has 0 aliphatic heterocycles. The minimum Gasteiger partial charge on any atom is -0.352 e. The molecule has 0 saturated heterocycles. The molecule has 0 spiro atoms. The average molecular weight is 248 g/mol. The molecule has 1 aromatic carbocycles. The molecule has 0 aliphatic carbocycles. The van der Waals surface area contributed by atoms with E-state index in [1.54, 1.807) is 0 Å². The van der Waals surface area contributed by atoms with E-state index in [1.807, 2.05) is 7.05 Å². The molecule has 0 radical (unpaired) electrons. The van der Waals surface area contributed by atoms with Gasteiger partial charge in [-0.05, 0) is 63.0 Å². The standard InChI is InChI=1S/C15H24N2O/c1-11-7-8-14(13(3)12(11)2)10-17-15(18)6-5-9-16-4/h7-8,16H,5-6,9-10H2,1-4H3,(H,17,18). The molecule has 1 aromatic rings. The maximum Gasteiger partial charge on any atom is 0.220 e. The highest BCUT2D eigenvalue weighted by atomic mass is 16.1. The highest BCUT2D eigenvalue weighted by molar-refractivity contribution is 5.75. The van der Waals surface area contributed by atoms with Gasteiger partial charge in [0.2, 0.25) is 5.91 Å². The third-order valence-corrected chi connectivity index (χ3v) is 3.48. The average Bonchev–Trinajstić information content (AvgIpc) is 2.35. The number of hydrogen-bond donors (Lipinski definition) is 2. The van der Waals surface area contributed by atoms with Gasteiger partial charge >= 0.3 is 0 Å². The van der Waals surface area contributed by atoms with Crippen molar-refractivity contribution in [1.29, 1.82) is 0 Å². The SMILES string of the molecule is CNCCCC(=O)NCc1ccc(C)c(C)c1C. The largest absolute Gasteiger partial charge is 0.352 e. The topological polar surface area (TPSA) is 41.1 Å². The number of carbonyl (C=O) groups excluding carboxylic acids is 1. The van der Waals surface area contributed by atoms with Crippen molar-refractivity contribution in [3.63, 3.8) is 0 Å². The first-order chi connectivity index (χ1) is 8.56. The van der Waals surface area contributed by atoms with Gasteiger partial charge in [0.25, 0.3) is 0 Å². The van der Waals surface area contributed by atoms with Gasteiger partial charge in [0.05, 0.1) is 0 Å². The Bertz CT molecular complexity index is 413. The van der Waals surface area contributed by atoms with Crippen LogP contribution in [0.1, 0.15) is 35.1 Å². The second-order valence-corrected chi connectivity index (χ2v) is 4.78. The molecule has 100 valence electrons. The summed E-state index contributed by atoms with van der Waals surface area (Å²) in [6.45, 7) is 7.87. The van der Waals surface area contributed by atoms with Crippen LogP contribution in [0, 0.1) is 20.8 Å². The van der Waals surface area contributed by atoms with E-state index < -0.39 is 0 Å². The lowest BCUT2D eigenvalue weighted by Crippen LogP contribution is -2.24. The number of amides is 1. The van der Waals surface area contributed by atoms with Gasteiger partial charge in [0.1, 0.15) is 0 Å². The molecule has 3 nitrogen and oxygen atoms in total. The molecule has 3 heteroatoms. The maximum absolute atomic E-state index is 11.6. The van der Waals surface area contributed by atoms with Crippen molar-refractivity contribution in [3.8, 4) is 0 Å². The Kier molecular flexibility index (Phi) is 5.86. The molecule has 1 rings (SSSR count). The summed E-state index contributed by atoms with van der Waals surface area (Å²) in [5.41, 5.74) is 5.11. The van der Waals surface area contributed by atoms with E-state index in [-0.39, 0.29) is 5.91 Å². The summed E-state index contributed by atoms with van der Waals surface area (Å²) in [6, 6.07) is 4.22. The van der Waals surface area contributed by atoms with E-state index in [0.29, 0.717) is 13.0 Å². The summed E-state index contributed by atoms with van der Waals surface area (Å²) in [5.74, 6) is 0.128. The Morgan fingerprint density at radius 2 is 1.89 bits per heavy atom. The first-order valence-electron chi connectivity index (χ1n) is 6.53. The molecular formula is C15H24N2O. The fraction of sp³-hybridized carbons (Fsp3) is 0.533. The smallest absolute Gasteiger partial charge is 0.220 e. The van der Waals surface area contributed by atoms with Crippen molar-refractivity contribution in [2.45, 2.75) is 40.2 Å². The van der Waals surface area contributed by atoms with Crippen molar-refractivity contribution in [1.82, 2.24) is 10.6 Å². The quantitative estimate of drug-likeness (QED) is 0.758. The first kappa shape index (κ1) is 14.7. The molecular weight excluding hydrogens is 224 g/mol. The van der Waals surface area contributed by atoms with Crippen LogP contribution < -0.4 is 10.6 Å². The third kappa shape index (κ3) is 4.15. The molecule has 0 aromatic heterocycles. The summed E-state index contributed by atoms with van der Waals surface area (Å²) in [4.78, 5) is 11.6. The van der Waals surface area contributed by atoms with Crippen molar-refractivity contribution >= 4 is 5.91 Å². The molecule has 0 atom stereocenters. The Morgan fingerprint density at radius 1 is 1.17 bits per heavy atom. The van der Waals surface area contributed by atoms with E-state index in [0.717, 1.165) is 13.0 Å². The number of rotatable bonds is 6. The van der Waals surface area contributed by atoms with Gasteiger partial charge in [-0.25, -0.2) is 0 Å². The zero-order valence-electron chi connectivity index (χ0n) is 11.9. The van der Waals surface area contributed by atoms with Crippen LogP contribution in [0.4, 0.5) is 0 Å². The number of nitrogens with one attached hydrogen (secondary N) is 2. The van der Waals surface area contributed by atoms with Crippen LogP contribution in [-0.2, 0) is 11.3 Å². The molecule has 2 N–H and O–H groups in total. The van der Waals surface area contributed by atoms with Crippen LogP contribution in [0.25, 0.3) is 0 Å². The summed E-state index contributed by atoms with van der Waals surface area (Å²) in [6.07, 6.45) is 1.47. The number of aryl methyl sites for hydroxylation is 1. The Labute approximate surface area is 110 Å². The zero-order valence-corrected chi connectivity index (χ0v) is 11.9. The van der Waals surface area contributed by atoms with E-state index in [9.17, 15) is 4.79 Å². The minimum absolute atomic E-state index is 0.128. The van der Waals surface area contributed by atoms with Gasteiger partial charge in [0, 0.05) is 13.0 Å². The minimum atomic E-state index is 0.128. The molecule has 18 heavy (non-hydrogen) atoms. The van der Waals surface area contributed by atoms with Crippen molar-refractivity contribution in [2.24, 2.45) is 0 Å². The summed E-state index contributed by atoms with van der Waals surface area (Å²) in [5, 5.41) is 6.02. The van der Waals surface area contributed by atoms with Crippen molar-refractivity contribution in [3.05, 3.63) is 34.4 Å². The summed E-state index contributed by atoms with van der Waals surface area (Å²) in [7, 11) is 1.90.